The van der Waals surface area contributed by atoms with Crippen LogP contribution in [-0.2, 0) is 4.79 Å². The minimum absolute atomic E-state index is 0.294. The molecule has 2 bridgehead atoms. The van der Waals surface area contributed by atoms with E-state index in [2.05, 4.69) is 18.7 Å². The summed E-state index contributed by atoms with van der Waals surface area (Å²) < 4.78 is 0. The van der Waals surface area contributed by atoms with Gasteiger partial charge in [0.2, 0.25) is 0 Å². The quantitative estimate of drug-likeness (QED) is 0.569. The van der Waals surface area contributed by atoms with Crippen molar-refractivity contribution in [2.24, 2.45) is 17.8 Å². The average molecular weight is 162 g/mol. The van der Waals surface area contributed by atoms with E-state index in [1.165, 1.54) is 12.0 Å². The van der Waals surface area contributed by atoms with Crippen LogP contribution in [0.4, 0.5) is 0 Å². The Bertz CT molecular complexity index is 262. The van der Waals surface area contributed by atoms with Crippen LogP contribution in [0.1, 0.15) is 19.8 Å². The van der Waals surface area contributed by atoms with Gasteiger partial charge in [-0.1, -0.05) is 24.3 Å². The highest BCUT2D eigenvalue weighted by Gasteiger charge is 2.38. The fourth-order valence-corrected chi connectivity index (χ4v) is 2.44. The summed E-state index contributed by atoms with van der Waals surface area (Å²) >= 11 is 0. The molecule has 0 N–H and O–H groups in total. The van der Waals surface area contributed by atoms with Gasteiger partial charge in [-0.15, -0.1) is 0 Å². The van der Waals surface area contributed by atoms with Crippen LogP contribution >= 0.6 is 0 Å². The number of hydrogen-bond acceptors (Lipinski definition) is 1. The Hall–Kier alpha value is -0.850. The van der Waals surface area contributed by atoms with Crippen molar-refractivity contribution >= 4 is 5.78 Å². The third-order valence-corrected chi connectivity index (χ3v) is 3.09. The molecule has 1 saturated carbocycles. The Labute approximate surface area is 73.2 Å². The Kier molecular flexibility index (Phi) is 1.67. The van der Waals surface area contributed by atoms with Gasteiger partial charge >= 0.3 is 0 Å². The maximum absolute atomic E-state index is 11.0. The SMILES string of the molecule is C=C1C2C=CC(C2)C1CC(C)=O. The third-order valence-electron chi connectivity index (χ3n) is 3.09. The first-order valence-corrected chi connectivity index (χ1v) is 4.55. The molecular formula is C11H14O. The van der Waals surface area contributed by atoms with Crippen LogP contribution in [0.3, 0.4) is 0 Å². The summed E-state index contributed by atoms with van der Waals surface area (Å²) in [6.07, 6.45) is 6.40. The second kappa shape index (κ2) is 2.58. The minimum Gasteiger partial charge on any atom is -0.300 e. The van der Waals surface area contributed by atoms with Crippen LogP contribution in [0.15, 0.2) is 24.3 Å². The van der Waals surface area contributed by atoms with Gasteiger partial charge in [0.15, 0.2) is 0 Å². The van der Waals surface area contributed by atoms with Crippen molar-refractivity contribution in [1.82, 2.24) is 0 Å². The van der Waals surface area contributed by atoms with Gasteiger partial charge in [-0.3, -0.25) is 0 Å². The number of rotatable bonds is 2. The summed E-state index contributed by atoms with van der Waals surface area (Å²) in [7, 11) is 0. The van der Waals surface area contributed by atoms with Crippen molar-refractivity contribution in [3.8, 4) is 0 Å². The normalized spacial score (nSPS) is 37.8. The molecule has 3 atom stereocenters. The number of Topliss-reactive ketones (excluding diaryl/α,β-unsaturated/α-hetero) is 1. The van der Waals surface area contributed by atoms with E-state index in [9.17, 15) is 4.79 Å². The van der Waals surface area contributed by atoms with Crippen LogP contribution in [0.25, 0.3) is 0 Å². The largest absolute Gasteiger partial charge is 0.300 e. The first kappa shape index (κ1) is 7.78. The molecule has 0 aliphatic heterocycles. The van der Waals surface area contributed by atoms with E-state index in [0.717, 1.165) is 0 Å². The summed E-state index contributed by atoms with van der Waals surface area (Å²) in [5.74, 6) is 1.95. The van der Waals surface area contributed by atoms with Crippen molar-refractivity contribution in [2.75, 3.05) is 0 Å². The summed E-state index contributed by atoms with van der Waals surface area (Å²) in [4.78, 5) is 11.0. The zero-order valence-electron chi connectivity index (χ0n) is 7.42. The van der Waals surface area contributed by atoms with Gasteiger partial charge in [-0.2, -0.15) is 0 Å². The summed E-state index contributed by atoms with van der Waals surface area (Å²) in [5, 5.41) is 0. The lowest BCUT2D eigenvalue weighted by atomic mass is 9.86. The molecule has 2 aliphatic rings. The molecule has 12 heavy (non-hydrogen) atoms. The molecule has 3 unspecified atom stereocenters. The molecule has 0 aromatic rings. The lowest BCUT2D eigenvalue weighted by molar-refractivity contribution is -0.117. The fraction of sp³-hybridized carbons (Fsp3) is 0.545. The molecule has 1 nitrogen and oxygen atoms in total. The van der Waals surface area contributed by atoms with Crippen LogP contribution in [0.2, 0.25) is 0 Å². The number of carbonyl (C=O) groups excluding carboxylic acids is 1. The molecule has 1 heteroatoms. The fourth-order valence-electron chi connectivity index (χ4n) is 2.44. The van der Waals surface area contributed by atoms with E-state index in [1.807, 2.05) is 0 Å². The van der Waals surface area contributed by atoms with Crippen LogP contribution in [0, 0.1) is 17.8 Å². The van der Waals surface area contributed by atoms with Gasteiger partial charge in [-0.25, -0.2) is 0 Å². The molecule has 2 rings (SSSR count). The van der Waals surface area contributed by atoms with E-state index in [-0.39, 0.29) is 0 Å². The number of allylic oxidation sites excluding steroid dienone is 3. The van der Waals surface area contributed by atoms with Crippen molar-refractivity contribution in [2.45, 2.75) is 19.8 Å². The Morgan fingerprint density at radius 2 is 2.42 bits per heavy atom. The summed E-state index contributed by atoms with van der Waals surface area (Å²) in [6, 6.07) is 0. The molecule has 0 heterocycles. The first-order chi connectivity index (χ1) is 5.68. The monoisotopic (exact) mass is 162 g/mol. The zero-order valence-corrected chi connectivity index (χ0v) is 7.42. The topological polar surface area (TPSA) is 17.1 Å². The number of ketones is 1. The average Bonchev–Trinajstić information content (AvgIpc) is 2.53. The maximum Gasteiger partial charge on any atom is 0.130 e. The Balaban J connectivity index is 2.13. The van der Waals surface area contributed by atoms with Gasteiger partial charge in [0.1, 0.15) is 5.78 Å². The van der Waals surface area contributed by atoms with Gasteiger partial charge in [0.25, 0.3) is 0 Å². The molecular weight excluding hydrogens is 148 g/mol. The Morgan fingerprint density at radius 3 is 2.92 bits per heavy atom. The van der Waals surface area contributed by atoms with Gasteiger partial charge in [-0.05, 0) is 31.1 Å². The van der Waals surface area contributed by atoms with Crippen molar-refractivity contribution in [3.05, 3.63) is 24.3 Å². The van der Waals surface area contributed by atoms with Crippen LogP contribution in [-0.4, -0.2) is 5.78 Å². The second-order valence-electron chi connectivity index (χ2n) is 3.98. The predicted octanol–water partition coefficient (Wildman–Crippen LogP) is 2.34. The molecule has 0 radical (unpaired) electrons. The molecule has 0 spiro atoms. The lowest BCUT2D eigenvalue weighted by Crippen LogP contribution is -2.12. The summed E-state index contributed by atoms with van der Waals surface area (Å²) in [5.41, 5.74) is 1.29. The zero-order chi connectivity index (χ0) is 8.72. The molecule has 2 aliphatic carbocycles. The smallest absolute Gasteiger partial charge is 0.130 e. The van der Waals surface area contributed by atoms with E-state index in [1.54, 1.807) is 6.92 Å². The van der Waals surface area contributed by atoms with Crippen LogP contribution < -0.4 is 0 Å². The van der Waals surface area contributed by atoms with E-state index in [4.69, 9.17) is 0 Å². The van der Waals surface area contributed by atoms with Crippen molar-refractivity contribution in [3.63, 3.8) is 0 Å². The molecule has 1 fully saturated rings. The highest BCUT2D eigenvalue weighted by Crippen LogP contribution is 2.48. The summed E-state index contributed by atoms with van der Waals surface area (Å²) in [6.45, 7) is 5.74. The van der Waals surface area contributed by atoms with Crippen molar-refractivity contribution in [1.29, 1.82) is 0 Å². The minimum atomic E-state index is 0.294. The van der Waals surface area contributed by atoms with Gasteiger partial charge in [0, 0.05) is 6.42 Å². The number of fused-ring (bicyclic) bond motifs is 2. The molecule has 64 valence electrons. The molecule has 0 aromatic carbocycles. The standard InChI is InChI=1S/C11H14O/c1-7(12)5-11-8(2)9-3-4-10(11)6-9/h3-4,9-11H,2,5-6H2,1H3. The second-order valence-corrected chi connectivity index (χ2v) is 3.98. The van der Waals surface area contributed by atoms with Crippen molar-refractivity contribution < 1.29 is 4.79 Å². The van der Waals surface area contributed by atoms with Gasteiger partial charge in [0.05, 0.1) is 0 Å². The van der Waals surface area contributed by atoms with E-state index >= 15 is 0 Å². The highest BCUT2D eigenvalue weighted by molar-refractivity contribution is 5.76. The Morgan fingerprint density at radius 1 is 1.67 bits per heavy atom. The first-order valence-electron chi connectivity index (χ1n) is 4.55. The van der Waals surface area contributed by atoms with Crippen LogP contribution in [0.5, 0.6) is 0 Å². The van der Waals surface area contributed by atoms with E-state index < -0.39 is 0 Å². The maximum atomic E-state index is 11.0. The lowest BCUT2D eigenvalue weighted by Gasteiger charge is -2.18. The number of carbonyl (C=O) groups is 1. The molecule has 0 aromatic heterocycles. The predicted molar refractivity (Wildman–Crippen MR) is 48.7 cm³/mol. The van der Waals surface area contributed by atoms with E-state index in [0.29, 0.717) is 30.0 Å². The van der Waals surface area contributed by atoms with Gasteiger partial charge < -0.3 is 4.79 Å². The molecule has 0 saturated heterocycles. The molecule has 0 amide bonds. The highest BCUT2D eigenvalue weighted by atomic mass is 16.1. The third kappa shape index (κ3) is 1.04. The number of hydrogen-bond donors (Lipinski definition) is 0.